The van der Waals surface area contributed by atoms with E-state index in [0.717, 1.165) is 20.3 Å². The number of carbonyl (C=O) groups excluding carboxylic acids is 1. The number of hydrogen-bond acceptors (Lipinski definition) is 4. The Labute approximate surface area is 140 Å². The van der Waals surface area contributed by atoms with Gasteiger partial charge in [0.05, 0.1) is 22.9 Å². The van der Waals surface area contributed by atoms with Gasteiger partial charge in [0.15, 0.2) is 5.13 Å². The van der Waals surface area contributed by atoms with E-state index >= 15 is 0 Å². The first-order valence-electron chi connectivity index (χ1n) is 6.59. The van der Waals surface area contributed by atoms with Crippen molar-refractivity contribution >= 4 is 48.5 Å². The lowest BCUT2D eigenvalue weighted by molar-refractivity contribution is 0.102. The highest BCUT2D eigenvalue weighted by atomic mass is 79.9. The van der Waals surface area contributed by atoms with Crippen LogP contribution in [0.25, 0.3) is 10.2 Å². The third-order valence-corrected chi connectivity index (χ3v) is 4.61. The monoisotopic (exact) mass is 376 g/mol. The molecule has 22 heavy (non-hydrogen) atoms. The van der Waals surface area contributed by atoms with Crippen molar-refractivity contribution < 1.29 is 9.53 Å². The van der Waals surface area contributed by atoms with Gasteiger partial charge in [-0.25, -0.2) is 4.98 Å². The maximum Gasteiger partial charge on any atom is 0.261 e. The molecule has 0 spiro atoms. The second kappa shape index (κ2) is 6.06. The van der Waals surface area contributed by atoms with E-state index in [4.69, 9.17) is 4.74 Å². The molecule has 1 N–H and O–H groups in total. The van der Waals surface area contributed by atoms with E-state index in [1.807, 2.05) is 37.3 Å². The minimum Gasteiger partial charge on any atom is -0.496 e. The summed E-state index contributed by atoms with van der Waals surface area (Å²) < 4.78 is 7.22. The highest BCUT2D eigenvalue weighted by Crippen LogP contribution is 2.30. The average molecular weight is 377 g/mol. The van der Waals surface area contributed by atoms with E-state index in [1.54, 1.807) is 13.2 Å². The van der Waals surface area contributed by atoms with Crippen LogP contribution >= 0.6 is 27.3 Å². The standard InChI is InChI=1S/C16H13BrN2O2S/c1-9-7-10(17)8-11(14(9)21-2)15(20)19-16-18-12-5-3-4-6-13(12)22-16/h3-8H,1-2H3,(H,18,19,20). The fourth-order valence-corrected chi connectivity index (χ4v) is 3.69. The van der Waals surface area contributed by atoms with Crippen molar-refractivity contribution in [3.63, 3.8) is 0 Å². The summed E-state index contributed by atoms with van der Waals surface area (Å²) in [4.78, 5) is 16.9. The van der Waals surface area contributed by atoms with Gasteiger partial charge < -0.3 is 4.74 Å². The largest absolute Gasteiger partial charge is 0.496 e. The van der Waals surface area contributed by atoms with Crippen LogP contribution in [0.2, 0.25) is 0 Å². The number of nitrogens with zero attached hydrogens (tertiary/aromatic N) is 1. The summed E-state index contributed by atoms with van der Waals surface area (Å²) in [5.74, 6) is 0.335. The Morgan fingerprint density at radius 3 is 2.82 bits per heavy atom. The normalized spacial score (nSPS) is 10.7. The van der Waals surface area contributed by atoms with Crippen LogP contribution in [-0.4, -0.2) is 18.0 Å². The summed E-state index contributed by atoms with van der Waals surface area (Å²) in [6, 6.07) is 11.4. The Morgan fingerprint density at radius 1 is 1.32 bits per heavy atom. The minimum absolute atomic E-state index is 0.236. The smallest absolute Gasteiger partial charge is 0.261 e. The highest BCUT2D eigenvalue weighted by Gasteiger charge is 2.17. The molecule has 1 heterocycles. The number of thiazole rings is 1. The summed E-state index contributed by atoms with van der Waals surface area (Å²) in [7, 11) is 1.56. The number of carbonyl (C=O) groups is 1. The highest BCUT2D eigenvalue weighted by molar-refractivity contribution is 9.10. The Hall–Kier alpha value is -1.92. The summed E-state index contributed by atoms with van der Waals surface area (Å²) in [6.45, 7) is 1.90. The zero-order valence-electron chi connectivity index (χ0n) is 12.0. The molecule has 0 bridgehead atoms. The topological polar surface area (TPSA) is 51.2 Å². The predicted molar refractivity (Wildman–Crippen MR) is 93.0 cm³/mol. The van der Waals surface area contributed by atoms with Crippen molar-refractivity contribution in [2.24, 2.45) is 0 Å². The lowest BCUT2D eigenvalue weighted by atomic mass is 10.1. The number of rotatable bonds is 3. The first kappa shape index (κ1) is 15.0. The molecule has 0 saturated carbocycles. The Kier molecular flexibility index (Phi) is 4.13. The number of aryl methyl sites for hydroxylation is 1. The molecule has 3 rings (SSSR count). The van der Waals surface area contributed by atoms with E-state index in [9.17, 15) is 4.79 Å². The molecule has 0 radical (unpaired) electrons. The van der Waals surface area contributed by atoms with E-state index in [-0.39, 0.29) is 5.91 Å². The van der Waals surface area contributed by atoms with Gasteiger partial charge in [-0.2, -0.15) is 0 Å². The Morgan fingerprint density at radius 2 is 2.09 bits per heavy atom. The summed E-state index contributed by atoms with van der Waals surface area (Å²) in [5, 5.41) is 3.42. The van der Waals surface area contributed by atoms with Crippen LogP contribution in [0, 0.1) is 6.92 Å². The van der Waals surface area contributed by atoms with Gasteiger partial charge in [-0.3, -0.25) is 10.1 Å². The summed E-state index contributed by atoms with van der Waals surface area (Å²) in [6.07, 6.45) is 0. The third kappa shape index (κ3) is 2.84. The van der Waals surface area contributed by atoms with Crippen LogP contribution in [0.5, 0.6) is 5.75 Å². The molecule has 4 nitrogen and oxygen atoms in total. The van der Waals surface area contributed by atoms with Gasteiger partial charge in [0, 0.05) is 4.47 Å². The van der Waals surface area contributed by atoms with Gasteiger partial charge in [0.25, 0.3) is 5.91 Å². The summed E-state index contributed by atoms with van der Waals surface area (Å²) in [5.41, 5.74) is 2.25. The second-order valence-electron chi connectivity index (χ2n) is 4.74. The molecule has 1 amide bonds. The predicted octanol–water partition coefficient (Wildman–Crippen LogP) is 4.63. The van der Waals surface area contributed by atoms with Crippen molar-refractivity contribution in [1.29, 1.82) is 0 Å². The number of benzene rings is 2. The third-order valence-electron chi connectivity index (χ3n) is 3.20. The molecule has 0 aliphatic heterocycles. The van der Waals surface area contributed by atoms with Gasteiger partial charge in [0.2, 0.25) is 0 Å². The van der Waals surface area contributed by atoms with Crippen LogP contribution < -0.4 is 10.1 Å². The van der Waals surface area contributed by atoms with Gasteiger partial charge >= 0.3 is 0 Å². The van der Waals surface area contributed by atoms with Crippen LogP contribution in [0.3, 0.4) is 0 Å². The molecule has 3 aromatic rings. The van der Waals surface area contributed by atoms with Gasteiger partial charge in [-0.05, 0) is 36.8 Å². The zero-order chi connectivity index (χ0) is 15.7. The number of nitrogens with one attached hydrogen (secondary N) is 1. The molecule has 0 aliphatic carbocycles. The zero-order valence-corrected chi connectivity index (χ0v) is 14.4. The average Bonchev–Trinajstić information content (AvgIpc) is 2.88. The fraction of sp³-hybridized carbons (Fsp3) is 0.125. The number of hydrogen-bond donors (Lipinski definition) is 1. The molecule has 2 aromatic carbocycles. The number of aromatic nitrogens is 1. The number of amides is 1. The Balaban J connectivity index is 1.94. The Bertz CT molecular complexity index is 827. The van der Waals surface area contributed by atoms with Gasteiger partial charge in [0.1, 0.15) is 5.75 Å². The van der Waals surface area contributed by atoms with E-state index < -0.39 is 0 Å². The molecule has 0 saturated heterocycles. The quantitative estimate of drug-likeness (QED) is 0.724. The number of halogens is 1. The van der Waals surface area contributed by atoms with E-state index in [0.29, 0.717) is 16.4 Å². The van der Waals surface area contributed by atoms with Crippen LogP contribution in [0.15, 0.2) is 40.9 Å². The molecule has 0 atom stereocenters. The van der Waals surface area contributed by atoms with Crippen molar-refractivity contribution in [2.45, 2.75) is 6.92 Å². The molecule has 6 heteroatoms. The number of ether oxygens (including phenoxy) is 1. The van der Waals surface area contributed by atoms with Crippen molar-refractivity contribution in [1.82, 2.24) is 4.98 Å². The van der Waals surface area contributed by atoms with E-state index in [2.05, 4.69) is 26.2 Å². The number of anilines is 1. The van der Waals surface area contributed by atoms with Crippen molar-refractivity contribution in [3.8, 4) is 5.75 Å². The molecule has 0 unspecified atom stereocenters. The molecular weight excluding hydrogens is 364 g/mol. The van der Waals surface area contributed by atoms with Gasteiger partial charge in [-0.1, -0.05) is 39.4 Å². The lowest BCUT2D eigenvalue weighted by Crippen LogP contribution is -2.13. The molecule has 0 aliphatic rings. The first-order valence-corrected chi connectivity index (χ1v) is 8.20. The lowest BCUT2D eigenvalue weighted by Gasteiger charge is -2.11. The SMILES string of the molecule is COc1c(C)cc(Br)cc1C(=O)Nc1nc2ccccc2s1. The molecule has 0 fully saturated rings. The van der Waals surface area contributed by atoms with E-state index in [1.165, 1.54) is 11.3 Å². The molecule has 112 valence electrons. The number of para-hydroxylation sites is 1. The second-order valence-corrected chi connectivity index (χ2v) is 6.69. The van der Waals surface area contributed by atoms with Crippen molar-refractivity contribution in [2.75, 3.05) is 12.4 Å². The first-order chi connectivity index (χ1) is 10.6. The number of fused-ring (bicyclic) bond motifs is 1. The maximum atomic E-state index is 12.5. The fourth-order valence-electron chi connectivity index (χ4n) is 2.26. The van der Waals surface area contributed by atoms with Crippen LogP contribution in [0.1, 0.15) is 15.9 Å². The van der Waals surface area contributed by atoms with Gasteiger partial charge in [-0.15, -0.1) is 0 Å². The molecule has 1 aromatic heterocycles. The number of methoxy groups -OCH3 is 1. The molecular formula is C16H13BrN2O2S. The summed E-state index contributed by atoms with van der Waals surface area (Å²) >= 11 is 4.86. The van der Waals surface area contributed by atoms with Crippen LogP contribution in [0.4, 0.5) is 5.13 Å². The van der Waals surface area contributed by atoms with Crippen molar-refractivity contribution in [3.05, 3.63) is 52.0 Å². The minimum atomic E-state index is -0.236. The van der Waals surface area contributed by atoms with Crippen LogP contribution in [-0.2, 0) is 0 Å². The maximum absolute atomic E-state index is 12.5.